The molecule has 0 amide bonds. The molecule has 1 heterocycles. The van der Waals surface area contributed by atoms with Gasteiger partial charge in [-0.25, -0.2) is 0 Å². The average molecular weight is 430 g/mol. The van der Waals surface area contributed by atoms with E-state index in [1.54, 1.807) is 6.20 Å². The Morgan fingerprint density at radius 3 is 2.17 bits per heavy atom. The van der Waals surface area contributed by atoms with Gasteiger partial charge in [0.1, 0.15) is 31.3 Å². The first-order valence-corrected chi connectivity index (χ1v) is 9.50. The molecular formula is C18H30N4O8. The van der Waals surface area contributed by atoms with Gasteiger partial charge in [-0.3, -0.25) is 14.5 Å². The number of nitrogens with one attached hydrogen (secondary N) is 1. The molecule has 170 valence electrons. The van der Waals surface area contributed by atoms with Crippen LogP contribution in [0.4, 0.5) is 0 Å². The quantitative estimate of drug-likeness (QED) is 0.139. The van der Waals surface area contributed by atoms with E-state index < -0.39 is 42.1 Å². The lowest BCUT2D eigenvalue weighted by Crippen LogP contribution is -3.09. The minimum absolute atomic E-state index is 0.0152. The number of rotatable bonds is 13. The fourth-order valence-electron chi connectivity index (χ4n) is 3.13. The molecule has 0 aromatic rings. The van der Waals surface area contributed by atoms with E-state index >= 15 is 0 Å². The lowest BCUT2D eigenvalue weighted by Gasteiger charge is -2.27. The highest BCUT2D eigenvalue weighted by atomic mass is 16.4. The Hall–Kier alpha value is -2.51. The van der Waals surface area contributed by atoms with E-state index in [4.69, 9.17) is 27.4 Å². The summed E-state index contributed by atoms with van der Waals surface area (Å²) in [7, 11) is 0. The van der Waals surface area contributed by atoms with Crippen molar-refractivity contribution in [3.63, 3.8) is 0 Å². The zero-order valence-electron chi connectivity index (χ0n) is 16.5. The Morgan fingerprint density at radius 2 is 1.63 bits per heavy atom. The summed E-state index contributed by atoms with van der Waals surface area (Å²) in [5.41, 5.74) is 17.3. The minimum atomic E-state index is -1.41. The molecule has 1 aliphatic rings. The number of aliphatic hydroxyl groups excluding tert-OH is 2. The number of hydrogen-bond donors (Lipinski definition) is 8. The fraction of sp³-hybridized carbons (Fsp3) is 0.611. The summed E-state index contributed by atoms with van der Waals surface area (Å²) in [5, 5.41) is 49.3. The van der Waals surface area contributed by atoms with Crippen molar-refractivity contribution in [1.29, 1.82) is 0 Å². The second-order valence-electron chi connectivity index (χ2n) is 7.42. The van der Waals surface area contributed by atoms with Crippen LogP contribution in [0.25, 0.3) is 0 Å². The van der Waals surface area contributed by atoms with Gasteiger partial charge in [-0.15, -0.1) is 0 Å². The van der Waals surface area contributed by atoms with Crippen LogP contribution < -0.4 is 27.2 Å². The Balaban J connectivity index is 2.90. The molecule has 5 atom stereocenters. The van der Waals surface area contributed by atoms with E-state index in [1.807, 2.05) is 0 Å². The maximum Gasteiger partial charge on any atom is 0.320 e. The van der Waals surface area contributed by atoms with E-state index in [9.17, 15) is 29.7 Å². The topological polar surface area (TPSA) is 238 Å². The molecule has 0 fully saturated rings. The van der Waals surface area contributed by atoms with Crippen molar-refractivity contribution in [2.24, 2.45) is 17.2 Å². The third kappa shape index (κ3) is 8.08. The van der Waals surface area contributed by atoms with Crippen LogP contribution in [-0.2, 0) is 14.4 Å². The summed E-state index contributed by atoms with van der Waals surface area (Å²) in [5.74, 6) is -3.95. The predicted octanol–water partition coefficient (Wildman–Crippen LogP) is -4.21. The van der Waals surface area contributed by atoms with Gasteiger partial charge in [0.2, 0.25) is 0 Å². The highest BCUT2D eigenvalue weighted by Gasteiger charge is 2.29. The zero-order valence-corrected chi connectivity index (χ0v) is 16.5. The summed E-state index contributed by atoms with van der Waals surface area (Å²) in [4.78, 5) is 33.3. The monoisotopic (exact) mass is 430 g/mol. The molecule has 11 N–H and O–H groups in total. The molecule has 0 spiro atoms. The Morgan fingerprint density at radius 1 is 1.03 bits per heavy atom. The molecule has 12 heteroatoms. The van der Waals surface area contributed by atoms with Crippen LogP contribution in [0.15, 0.2) is 23.1 Å². The molecule has 1 unspecified atom stereocenters. The number of carbonyl (C=O) groups is 3. The van der Waals surface area contributed by atoms with Crippen LogP contribution in [0.2, 0.25) is 0 Å². The number of carboxylic acid groups (broad SMARTS) is 3. The third-order valence-electron chi connectivity index (χ3n) is 4.90. The Labute approximate surface area is 173 Å². The Bertz CT molecular complexity index is 708. The lowest BCUT2D eigenvalue weighted by molar-refractivity contribution is -0.848. The fourth-order valence-corrected chi connectivity index (χ4v) is 3.13. The minimum Gasteiger partial charge on any atom is -0.548 e. The molecule has 30 heavy (non-hydrogen) atoms. The van der Waals surface area contributed by atoms with Gasteiger partial charge >= 0.3 is 11.9 Å². The van der Waals surface area contributed by atoms with Crippen LogP contribution in [-0.4, -0.2) is 75.7 Å². The van der Waals surface area contributed by atoms with Gasteiger partial charge in [-0.2, -0.15) is 0 Å². The van der Waals surface area contributed by atoms with Gasteiger partial charge in [-0.05, 0) is 25.7 Å². The molecular weight excluding hydrogens is 400 g/mol. The highest BCUT2D eigenvalue weighted by molar-refractivity contribution is 5.74. The van der Waals surface area contributed by atoms with E-state index in [-0.39, 0.29) is 51.0 Å². The number of carbonyl (C=O) groups excluding carboxylic acids is 1. The van der Waals surface area contributed by atoms with Crippen molar-refractivity contribution >= 4 is 17.9 Å². The maximum absolute atomic E-state index is 11.1. The average Bonchev–Trinajstić information content (AvgIpc) is 2.65. The van der Waals surface area contributed by atoms with Crippen molar-refractivity contribution in [3.05, 3.63) is 23.1 Å². The molecule has 0 aromatic heterocycles. The van der Waals surface area contributed by atoms with Crippen LogP contribution in [0.5, 0.6) is 0 Å². The van der Waals surface area contributed by atoms with Crippen molar-refractivity contribution < 1.29 is 44.8 Å². The molecule has 0 aliphatic carbocycles. The number of aliphatic hydroxyl groups is 2. The van der Waals surface area contributed by atoms with Gasteiger partial charge in [0.15, 0.2) is 5.76 Å². The van der Waals surface area contributed by atoms with Crippen LogP contribution >= 0.6 is 0 Å². The number of aliphatic carboxylic acids is 3. The number of carboxylic acids is 3. The highest BCUT2D eigenvalue weighted by Crippen LogP contribution is 2.24. The molecule has 0 radical (unpaired) electrons. The third-order valence-corrected chi connectivity index (χ3v) is 4.90. The largest absolute Gasteiger partial charge is 0.548 e. The lowest BCUT2D eigenvalue weighted by atomic mass is 9.91. The number of allylic oxidation sites excluding steroid dienone is 1. The first kappa shape index (κ1) is 25.5. The molecule has 0 saturated heterocycles. The number of quaternary nitrogens is 1. The molecule has 1 rings (SSSR count). The molecule has 0 bridgehead atoms. The van der Waals surface area contributed by atoms with Gasteiger partial charge in [-0.1, -0.05) is 0 Å². The van der Waals surface area contributed by atoms with Crippen molar-refractivity contribution in [3.8, 4) is 0 Å². The van der Waals surface area contributed by atoms with Gasteiger partial charge in [0, 0.05) is 23.6 Å². The van der Waals surface area contributed by atoms with Crippen LogP contribution in [0.1, 0.15) is 32.1 Å². The maximum atomic E-state index is 11.1. The van der Waals surface area contributed by atoms with Crippen LogP contribution in [0, 0.1) is 0 Å². The van der Waals surface area contributed by atoms with Gasteiger partial charge in [0.05, 0.1) is 12.2 Å². The van der Waals surface area contributed by atoms with E-state index in [1.165, 1.54) is 0 Å². The second kappa shape index (κ2) is 11.6. The SMILES string of the molecule is N[C@@H](CC[C@@H](O)C[NH+]1C=C(CC[C@H](N)C(=O)O)C(C[C@H](N)C(=O)O)=C(O)C1)C(=O)[O-]. The normalized spacial score (nSPS) is 20.8. The number of hydrogen-bond acceptors (Lipinski definition) is 9. The number of nitrogens with two attached hydrogens (primary N) is 3. The van der Waals surface area contributed by atoms with Crippen molar-refractivity contribution in [1.82, 2.24) is 0 Å². The molecule has 0 saturated carbocycles. The standard InChI is InChI=1S/C18H30N4O8/c19-12(16(25)26)3-1-9-6-22(7-10(23)2-4-13(20)17(27)28)8-15(24)11(9)5-14(21)18(29)30/h6,10,12-14,23-24H,1-5,7-8,19-21H2,(H,25,26)(H,27,28)(H,29,30)/t10-,12+,13+,14+/m1/s1. The van der Waals surface area contributed by atoms with Crippen LogP contribution in [0.3, 0.4) is 0 Å². The van der Waals surface area contributed by atoms with Crippen molar-refractivity contribution in [2.45, 2.75) is 56.3 Å². The Kier molecular flexibility index (Phi) is 9.89. The van der Waals surface area contributed by atoms with Gasteiger partial charge < -0.3 is 47.5 Å². The van der Waals surface area contributed by atoms with E-state index in [2.05, 4.69) is 0 Å². The van der Waals surface area contributed by atoms with E-state index in [0.29, 0.717) is 16.0 Å². The molecule has 12 nitrogen and oxygen atoms in total. The molecule has 1 aliphatic heterocycles. The predicted molar refractivity (Wildman–Crippen MR) is 102 cm³/mol. The smallest absolute Gasteiger partial charge is 0.320 e. The second-order valence-corrected chi connectivity index (χ2v) is 7.42. The summed E-state index contributed by atoms with van der Waals surface area (Å²) in [6.45, 7) is 0.177. The van der Waals surface area contributed by atoms with Gasteiger partial charge in [0.25, 0.3) is 0 Å². The van der Waals surface area contributed by atoms with Crippen molar-refractivity contribution in [2.75, 3.05) is 13.1 Å². The molecule has 0 aromatic carbocycles. The summed E-state index contributed by atoms with van der Waals surface area (Å²) < 4.78 is 0. The zero-order chi connectivity index (χ0) is 23.0. The first-order valence-electron chi connectivity index (χ1n) is 9.50. The summed E-state index contributed by atoms with van der Waals surface area (Å²) in [6, 6.07) is -3.58. The first-order chi connectivity index (χ1) is 13.9. The van der Waals surface area contributed by atoms with E-state index in [0.717, 1.165) is 0 Å². The summed E-state index contributed by atoms with van der Waals surface area (Å²) >= 11 is 0. The summed E-state index contributed by atoms with van der Waals surface area (Å²) in [6.07, 6.45) is 0.935.